The molecule has 0 unspecified atom stereocenters. The third kappa shape index (κ3) is 3.35. The monoisotopic (exact) mass is 282 g/mol. The molecule has 1 aliphatic rings. The predicted molar refractivity (Wildman–Crippen MR) is 77.5 cm³/mol. The molecular weight excluding hydrogens is 260 g/mol. The molecule has 2 rings (SSSR count). The maximum absolute atomic E-state index is 12.4. The highest BCUT2D eigenvalue weighted by Gasteiger charge is 2.24. The van der Waals surface area contributed by atoms with Crippen molar-refractivity contribution < 1.29 is 9.53 Å². The maximum atomic E-state index is 12.4. The second-order valence-corrected chi connectivity index (χ2v) is 7.03. The zero-order chi connectivity index (χ0) is 14.0. The number of hydrogen-bond acceptors (Lipinski definition) is 4. The molecule has 5 heteroatoms. The number of fused-ring (bicyclic) bond motifs is 1. The Hall–Kier alpha value is -0.910. The molecule has 19 heavy (non-hydrogen) atoms. The first kappa shape index (κ1) is 14.5. The summed E-state index contributed by atoms with van der Waals surface area (Å²) in [7, 11) is 1.84. The molecule has 1 aromatic heterocycles. The molecule has 0 saturated carbocycles. The Kier molecular flexibility index (Phi) is 4.28. The van der Waals surface area contributed by atoms with Crippen LogP contribution < -0.4 is 5.73 Å². The minimum Gasteiger partial charge on any atom is -0.376 e. The zero-order valence-electron chi connectivity index (χ0n) is 11.9. The summed E-state index contributed by atoms with van der Waals surface area (Å²) in [4.78, 5) is 16.3. The van der Waals surface area contributed by atoms with Crippen LogP contribution in [-0.2, 0) is 17.8 Å². The van der Waals surface area contributed by atoms with Crippen LogP contribution in [0.2, 0.25) is 0 Å². The van der Waals surface area contributed by atoms with Crippen molar-refractivity contribution in [1.82, 2.24) is 4.90 Å². The fraction of sp³-hybridized carbons (Fsp3) is 0.643. The summed E-state index contributed by atoms with van der Waals surface area (Å²) in [5.74, 6) is 0.0842. The van der Waals surface area contributed by atoms with Crippen LogP contribution >= 0.6 is 11.3 Å². The minimum atomic E-state index is -0.0512. The van der Waals surface area contributed by atoms with E-state index in [1.165, 1.54) is 10.4 Å². The van der Waals surface area contributed by atoms with E-state index in [4.69, 9.17) is 10.5 Å². The van der Waals surface area contributed by atoms with Crippen molar-refractivity contribution in [3.8, 4) is 0 Å². The molecule has 0 aromatic carbocycles. The van der Waals surface area contributed by atoms with Gasteiger partial charge in [0.05, 0.1) is 18.1 Å². The van der Waals surface area contributed by atoms with Gasteiger partial charge in [0.2, 0.25) is 0 Å². The van der Waals surface area contributed by atoms with Gasteiger partial charge in [0.15, 0.2) is 0 Å². The van der Waals surface area contributed by atoms with Gasteiger partial charge in [-0.15, -0.1) is 11.3 Å². The third-order valence-corrected chi connectivity index (χ3v) is 4.63. The molecular formula is C14H22N2O2S. The molecule has 1 aromatic rings. The van der Waals surface area contributed by atoms with Gasteiger partial charge >= 0.3 is 0 Å². The molecule has 0 saturated heterocycles. The van der Waals surface area contributed by atoms with E-state index in [9.17, 15) is 4.79 Å². The second kappa shape index (κ2) is 5.61. The Bertz CT molecular complexity index is 445. The highest BCUT2D eigenvalue weighted by atomic mass is 32.1. The van der Waals surface area contributed by atoms with Gasteiger partial charge in [-0.25, -0.2) is 0 Å². The standard InChI is InChI=1S/C14H22N2O2S/c1-14(2,8-15)9-16(3)13(17)12-6-10-7-18-5-4-11(10)19-12/h6H,4-5,7-9,15H2,1-3H3. The SMILES string of the molecule is CN(CC(C)(C)CN)C(=O)c1cc2c(s1)CCOC2. The van der Waals surface area contributed by atoms with E-state index in [1.807, 2.05) is 13.1 Å². The first-order valence-corrected chi connectivity index (χ1v) is 7.39. The summed E-state index contributed by atoms with van der Waals surface area (Å²) in [6.45, 7) is 6.78. The second-order valence-electron chi connectivity index (χ2n) is 5.89. The largest absolute Gasteiger partial charge is 0.376 e. The van der Waals surface area contributed by atoms with Gasteiger partial charge < -0.3 is 15.4 Å². The minimum absolute atomic E-state index is 0.0512. The van der Waals surface area contributed by atoms with Crippen LogP contribution in [0, 0.1) is 5.41 Å². The summed E-state index contributed by atoms with van der Waals surface area (Å²) < 4.78 is 5.41. The summed E-state index contributed by atoms with van der Waals surface area (Å²) in [5, 5.41) is 0. The Balaban J connectivity index is 2.09. The lowest BCUT2D eigenvalue weighted by Crippen LogP contribution is -2.39. The molecule has 2 heterocycles. The number of carbonyl (C=O) groups excluding carboxylic acids is 1. The van der Waals surface area contributed by atoms with E-state index < -0.39 is 0 Å². The highest BCUT2D eigenvalue weighted by Crippen LogP contribution is 2.28. The lowest BCUT2D eigenvalue weighted by molar-refractivity contribution is 0.0745. The number of thiophene rings is 1. The van der Waals surface area contributed by atoms with Crippen molar-refractivity contribution in [1.29, 1.82) is 0 Å². The van der Waals surface area contributed by atoms with Crippen molar-refractivity contribution in [2.24, 2.45) is 11.1 Å². The molecule has 2 N–H and O–H groups in total. The molecule has 0 atom stereocenters. The van der Waals surface area contributed by atoms with E-state index in [1.54, 1.807) is 16.2 Å². The van der Waals surface area contributed by atoms with Crippen LogP contribution in [0.5, 0.6) is 0 Å². The average molecular weight is 282 g/mol. The van der Waals surface area contributed by atoms with Crippen molar-refractivity contribution in [3.05, 3.63) is 21.4 Å². The fourth-order valence-electron chi connectivity index (χ4n) is 2.22. The Morgan fingerprint density at radius 3 is 2.95 bits per heavy atom. The Labute approximate surface area is 118 Å². The van der Waals surface area contributed by atoms with Crippen molar-refractivity contribution in [2.45, 2.75) is 26.9 Å². The quantitative estimate of drug-likeness (QED) is 0.917. The van der Waals surface area contributed by atoms with Gasteiger partial charge in [0, 0.05) is 24.9 Å². The van der Waals surface area contributed by atoms with E-state index in [0.717, 1.165) is 17.9 Å². The van der Waals surface area contributed by atoms with Crippen molar-refractivity contribution in [3.63, 3.8) is 0 Å². The van der Waals surface area contributed by atoms with Crippen molar-refractivity contribution in [2.75, 3.05) is 26.7 Å². The summed E-state index contributed by atoms with van der Waals surface area (Å²) in [6, 6.07) is 1.98. The normalized spacial score (nSPS) is 15.2. The van der Waals surface area contributed by atoms with E-state index >= 15 is 0 Å². The van der Waals surface area contributed by atoms with Gasteiger partial charge in [0.25, 0.3) is 5.91 Å². The van der Waals surface area contributed by atoms with Crippen LogP contribution in [0.25, 0.3) is 0 Å². The number of hydrogen-bond donors (Lipinski definition) is 1. The first-order valence-electron chi connectivity index (χ1n) is 6.58. The topological polar surface area (TPSA) is 55.6 Å². The molecule has 1 amide bonds. The molecule has 0 aliphatic carbocycles. The number of nitrogens with two attached hydrogens (primary N) is 1. The van der Waals surface area contributed by atoms with Gasteiger partial charge in [0.1, 0.15) is 0 Å². The van der Waals surface area contributed by atoms with Crippen LogP contribution in [0.4, 0.5) is 0 Å². The van der Waals surface area contributed by atoms with Gasteiger partial charge in [-0.1, -0.05) is 13.8 Å². The van der Waals surface area contributed by atoms with Gasteiger partial charge in [-0.05, 0) is 23.6 Å². The van der Waals surface area contributed by atoms with E-state index in [-0.39, 0.29) is 11.3 Å². The lowest BCUT2D eigenvalue weighted by Gasteiger charge is -2.28. The first-order chi connectivity index (χ1) is 8.93. The van der Waals surface area contributed by atoms with Gasteiger partial charge in [-0.2, -0.15) is 0 Å². The summed E-state index contributed by atoms with van der Waals surface area (Å²) >= 11 is 1.60. The van der Waals surface area contributed by atoms with E-state index in [2.05, 4.69) is 13.8 Å². The average Bonchev–Trinajstić information content (AvgIpc) is 2.81. The molecule has 106 valence electrons. The molecule has 0 spiro atoms. The zero-order valence-corrected chi connectivity index (χ0v) is 12.7. The summed E-state index contributed by atoms with van der Waals surface area (Å²) in [6.07, 6.45) is 0.922. The van der Waals surface area contributed by atoms with Crippen LogP contribution in [0.1, 0.15) is 34.0 Å². The van der Waals surface area contributed by atoms with Gasteiger partial charge in [-0.3, -0.25) is 4.79 Å². The molecule has 0 radical (unpaired) electrons. The van der Waals surface area contributed by atoms with Crippen LogP contribution in [0.15, 0.2) is 6.07 Å². The van der Waals surface area contributed by atoms with Crippen LogP contribution in [-0.4, -0.2) is 37.6 Å². The molecule has 0 fully saturated rings. The van der Waals surface area contributed by atoms with E-state index in [0.29, 0.717) is 19.7 Å². The van der Waals surface area contributed by atoms with Crippen molar-refractivity contribution >= 4 is 17.2 Å². The highest BCUT2D eigenvalue weighted by molar-refractivity contribution is 7.14. The smallest absolute Gasteiger partial charge is 0.263 e. The molecule has 4 nitrogen and oxygen atoms in total. The maximum Gasteiger partial charge on any atom is 0.263 e. The number of nitrogens with zero attached hydrogens (tertiary/aromatic N) is 1. The number of amides is 1. The lowest BCUT2D eigenvalue weighted by atomic mass is 9.93. The Morgan fingerprint density at radius 2 is 2.32 bits per heavy atom. The fourth-order valence-corrected chi connectivity index (χ4v) is 3.36. The molecule has 0 bridgehead atoms. The Morgan fingerprint density at radius 1 is 1.58 bits per heavy atom. The van der Waals surface area contributed by atoms with Crippen LogP contribution in [0.3, 0.4) is 0 Å². The number of ether oxygens (including phenoxy) is 1. The summed E-state index contributed by atoms with van der Waals surface area (Å²) in [5.41, 5.74) is 6.84. The number of carbonyl (C=O) groups is 1. The third-order valence-electron chi connectivity index (χ3n) is 3.40. The number of rotatable bonds is 4. The molecule has 1 aliphatic heterocycles. The predicted octanol–water partition coefficient (Wildman–Crippen LogP) is 1.88.